The third-order valence-corrected chi connectivity index (χ3v) is 20.1. The van der Waals surface area contributed by atoms with Gasteiger partial charge in [0.15, 0.2) is 6.04 Å². The highest BCUT2D eigenvalue weighted by Crippen LogP contribution is 2.40. The molecule has 2 unspecified atom stereocenters. The van der Waals surface area contributed by atoms with Crippen LogP contribution < -0.4 is 10.6 Å². The maximum atomic E-state index is 14.2. The van der Waals surface area contributed by atoms with E-state index in [1.54, 1.807) is 101 Å². The molecule has 642 valence electrons. The highest BCUT2D eigenvalue weighted by molar-refractivity contribution is 6.31. The second kappa shape index (κ2) is 43.3. The number of fused-ring (bicyclic) bond motifs is 2. The second-order valence-corrected chi connectivity index (χ2v) is 34.8. The Labute approximate surface area is 706 Å². The maximum absolute atomic E-state index is 14.2. The summed E-state index contributed by atoms with van der Waals surface area (Å²) < 4.78 is 27.9. The SMILES string of the molecule is CC(C)(C)OC(=O)N1CCN(C(=O)OC(C)(C)C)C(C(=O)O)C1.Cc1cn(CCCN(Cc2ccccc2)C(=O)[C@H]2CN(C(=O)OC(C)(C)C)CCN2C(=O)OC(C)(C)C)cn1.Cc1cn(CCCNCc2ccccc2)cn1.O=C([C@H]1CN(C2c3ncccc3CCc3cccc(Cl)c32)CCN1)N(CCCn1ccnc1)Cc1ccccc1. The zero-order valence-electron chi connectivity index (χ0n) is 71.8. The average molecular weight is 1660 g/mol. The lowest BCUT2D eigenvalue weighted by Crippen LogP contribution is -2.62. The number of carboxylic acids is 1. The number of imidazole rings is 3. The van der Waals surface area contributed by atoms with Gasteiger partial charge in [-0.1, -0.05) is 121 Å². The molecule has 4 aromatic carbocycles. The van der Waals surface area contributed by atoms with Gasteiger partial charge in [0.05, 0.1) is 61.2 Å². The molecule has 3 N–H and O–H groups in total. The lowest BCUT2D eigenvalue weighted by Gasteiger charge is -2.42. The fourth-order valence-electron chi connectivity index (χ4n) is 14.3. The van der Waals surface area contributed by atoms with Gasteiger partial charge in [-0.2, -0.15) is 0 Å². The summed E-state index contributed by atoms with van der Waals surface area (Å²) in [4.78, 5) is 119. The number of halogens is 1. The van der Waals surface area contributed by atoms with Crippen LogP contribution in [0, 0.1) is 13.8 Å². The minimum absolute atomic E-state index is 0.0268. The van der Waals surface area contributed by atoms with E-state index >= 15 is 0 Å². The quantitative estimate of drug-likeness (QED) is 0.0420. The van der Waals surface area contributed by atoms with Crippen molar-refractivity contribution < 1.29 is 57.6 Å². The lowest BCUT2D eigenvalue weighted by atomic mass is 9.95. The predicted octanol–water partition coefficient (Wildman–Crippen LogP) is 13.3. The van der Waals surface area contributed by atoms with E-state index in [-0.39, 0.29) is 63.2 Å². The number of aliphatic carboxylic acids is 1. The number of hydrogen-bond acceptors (Lipinski definition) is 18. The summed E-state index contributed by atoms with van der Waals surface area (Å²) in [6.07, 6.45) is 17.4. The number of carboxylic acid groups (broad SMARTS) is 1. The summed E-state index contributed by atoms with van der Waals surface area (Å²) in [5, 5.41) is 17.1. The van der Waals surface area contributed by atoms with Crippen LogP contribution in [0.3, 0.4) is 0 Å². The molecule has 4 aromatic heterocycles. The van der Waals surface area contributed by atoms with Crippen LogP contribution in [0.2, 0.25) is 5.02 Å². The molecule has 0 spiro atoms. The van der Waals surface area contributed by atoms with Crippen molar-refractivity contribution in [3.05, 3.63) is 227 Å². The Morgan fingerprint density at radius 2 is 0.992 bits per heavy atom. The topological polar surface area (TPSA) is 290 Å². The standard InChI is InChI=1S/C32H35ClN6O.C29H43N5O5.C15H26N2O6.C14H19N3/c33-27-11-4-9-25-12-13-26-10-5-14-36-30(26)31(29(25)27)38-20-16-35-28(22-38)32(40)39(21-24-7-2-1-3-8-24)18-6-17-37-19-15-34-23-37;1-22-18-31(21-30-22)14-11-15-32(19-23-12-9-8-10-13-23)25(35)24-20-33(26(36)38-28(2,3)4)16-17-34(24)27(37)39-29(5,6)7;1-14(2,3)22-12(20)16-7-8-17(10(9-16)11(18)19)13(21)23-15(4,5)6;1-13-11-17(12-16-13)9-5-8-15-10-14-6-3-2-4-7-14/h1-5,7-11,14-15,19,23,28,31,35H,6,12-13,16-18,20-22H2;8-10,12-13,18,21,24H,11,14-17,19-20H2,1-7H3;10H,7-9H2,1-6H3,(H,18,19);2-4,6-7,11-12,15H,5,8-10H2,1H3/t28-,31?;24-;;/m11../s1. The first-order valence-electron chi connectivity index (χ1n) is 41.2. The molecule has 119 heavy (non-hydrogen) atoms. The average Bonchev–Trinajstić information content (AvgIpc) is 1.70. The van der Waals surface area contributed by atoms with Crippen molar-refractivity contribution in [2.24, 2.45) is 0 Å². The molecule has 29 heteroatoms. The third-order valence-electron chi connectivity index (χ3n) is 19.8. The molecule has 12 rings (SSSR count). The molecule has 0 radical (unpaired) electrons. The molecule has 0 saturated carbocycles. The summed E-state index contributed by atoms with van der Waals surface area (Å²) in [6.45, 7) is 34.4. The summed E-state index contributed by atoms with van der Waals surface area (Å²) in [5.41, 5.74) is 7.40. The van der Waals surface area contributed by atoms with Gasteiger partial charge in [-0.25, -0.2) is 38.9 Å². The van der Waals surface area contributed by atoms with Crippen molar-refractivity contribution in [2.75, 3.05) is 78.5 Å². The number of benzene rings is 4. The van der Waals surface area contributed by atoms with E-state index in [2.05, 4.69) is 94.3 Å². The number of ether oxygens (including phenoxy) is 4. The number of amides is 6. The van der Waals surface area contributed by atoms with Crippen molar-refractivity contribution in [2.45, 2.75) is 215 Å². The number of nitrogens with zero attached hydrogens (tertiary/aromatic N) is 14. The molecule has 1 aliphatic carbocycles. The van der Waals surface area contributed by atoms with Crippen molar-refractivity contribution >= 4 is 53.8 Å². The van der Waals surface area contributed by atoms with Crippen molar-refractivity contribution in [1.29, 1.82) is 0 Å². The number of pyridine rings is 1. The fraction of sp³-hybridized carbons (Fsp3) is 0.500. The monoisotopic (exact) mass is 1650 g/mol. The smallest absolute Gasteiger partial charge is 0.411 e. The normalized spacial score (nSPS) is 16.9. The third kappa shape index (κ3) is 29.7. The van der Waals surface area contributed by atoms with Crippen molar-refractivity contribution in [3.8, 4) is 0 Å². The van der Waals surface area contributed by atoms with Crippen LogP contribution in [-0.2, 0) is 85.4 Å². The van der Waals surface area contributed by atoms with Crippen LogP contribution in [0.1, 0.15) is 159 Å². The van der Waals surface area contributed by atoms with Gasteiger partial charge in [-0.3, -0.25) is 29.3 Å². The number of rotatable bonds is 22. The fourth-order valence-corrected chi connectivity index (χ4v) is 14.6. The number of hydrogen-bond donors (Lipinski definition) is 3. The van der Waals surface area contributed by atoms with Crippen LogP contribution in [0.15, 0.2) is 171 Å². The number of nitrogens with one attached hydrogen (secondary N) is 2. The highest BCUT2D eigenvalue weighted by Gasteiger charge is 2.44. The minimum atomic E-state index is -1.19. The molecular formula is C90H123ClN16O12. The molecule has 3 aliphatic heterocycles. The first kappa shape index (κ1) is 92.2. The summed E-state index contributed by atoms with van der Waals surface area (Å²) in [5.74, 6) is -1.29. The Kier molecular flexibility index (Phi) is 33.6. The molecule has 7 heterocycles. The number of piperazine rings is 3. The Hall–Kier alpha value is -10.7. The molecule has 3 fully saturated rings. The molecule has 6 amide bonds. The van der Waals surface area contributed by atoms with Crippen LogP contribution >= 0.6 is 11.6 Å². The van der Waals surface area contributed by atoms with E-state index in [4.69, 9.17) is 35.5 Å². The van der Waals surface area contributed by atoms with Gasteiger partial charge in [0.25, 0.3) is 0 Å². The summed E-state index contributed by atoms with van der Waals surface area (Å²) in [6, 6.07) is 38.4. The summed E-state index contributed by atoms with van der Waals surface area (Å²) >= 11 is 6.88. The number of carbonyl (C=O) groups excluding carboxylic acids is 6. The highest BCUT2D eigenvalue weighted by atomic mass is 35.5. The molecular weight excluding hydrogens is 1530 g/mol. The van der Waals surface area contributed by atoms with Gasteiger partial charge < -0.3 is 68.0 Å². The van der Waals surface area contributed by atoms with Gasteiger partial charge in [-0.05, 0) is 181 Å². The van der Waals surface area contributed by atoms with Crippen molar-refractivity contribution in [1.82, 2.24) is 78.6 Å². The Balaban J connectivity index is 0.000000190. The minimum Gasteiger partial charge on any atom is -0.480 e. The largest absolute Gasteiger partial charge is 0.480 e. The van der Waals surface area contributed by atoms with E-state index in [0.717, 1.165) is 109 Å². The van der Waals surface area contributed by atoms with Crippen molar-refractivity contribution in [3.63, 3.8) is 0 Å². The number of carbonyl (C=O) groups is 7. The molecule has 28 nitrogen and oxygen atoms in total. The van der Waals surface area contributed by atoms with E-state index in [0.29, 0.717) is 45.7 Å². The summed E-state index contributed by atoms with van der Waals surface area (Å²) in [7, 11) is 0. The van der Waals surface area contributed by atoms with Gasteiger partial charge in [0, 0.05) is 134 Å². The van der Waals surface area contributed by atoms with E-state index < -0.39 is 64.8 Å². The number of aromatic nitrogens is 7. The van der Waals surface area contributed by atoms with Crippen LogP contribution in [0.4, 0.5) is 19.2 Å². The predicted molar refractivity (Wildman–Crippen MR) is 457 cm³/mol. The Morgan fingerprint density at radius 1 is 0.513 bits per heavy atom. The van der Waals surface area contributed by atoms with E-state index in [1.165, 1.54) is 31.4 Å². The van der Waals surface area contributed by atoms with Crippen LogP contribution in [-0.4, -0.2) is 234 Å². The van der Waals surface area contributed by atoms with Gasteiger partial charge >= 0.3 is 30.3 Å². The molecule has 8 aromatic rings. The Morgan fingerprint density at radius 3 is 1.50 bits per heavy atom. The zero-order valence-corrected chi connectivity index (χ0v) is 72.6. The molecule has 3 saturated heterocycles. The Bertz CT molecular complexity index is 4540. The number of aryl methyl sites for hydroxylation is 7. The molecule has 4 atom stereocenters. The molecule has 0 bridgehead atoms. The maximum Gasteiger partial charge on any atom is 0.411 e. The zero-order chi connectivity index (χ0) is 86.0. The van der Waals surface area contributed by atoms with Gasteiger partial charge in [0.1, 0.15) is 28.4 Å². The van der Waals surface area contributed by atoms with Crippen LogP contribution in [0.25, 0.3) is 0 Å². The van der Waals surface area contributed by atoms with Crippen LogP contribution in [0.5, 0.6) is 0 Å². The van der Waals surface area contributed by atoms with E-state index in [9.17, 15) is 38.7 Å². The van der Waals surface area contributed by atoms with E-state index in [1.807, 2.05) is 127 Å². The van der Waals surface area contributed by atoms with Gasteiger partial charge in [0.2, 0.25) is 11.8 Å². The second-order valence-electron chi connectivity index (χ2n) is 34.4. The lowest BCUT2D eigenvalue weighted by molar-refractivity contribution is -0.145. The first-order valence-corrected chi connectivity index (χ1v) is 41.6. The molecule has 4 aliphatic rings. The van der Waals surface area contributed by atoms with Gasteiger partial charge in [-0.15, -0.1) is 0 Å². The first-order chi connectivity index (χ1) is 56.5.